The van der Waals surface area contributed by atoms with Crippen molar-refractivity contribution in [3.63, 3.8) is 0 Å². The van der Waals surface area contributed by atoms with E-state index in [0.29, 0.717) is 5.13 Å². The number of hydrogen-bond donors (Lipinski definition) is 1. The molecule has 1 aromatic carbocycles. The molecule has 3 nitrogen and oxygen atoms in total. The molecule has 0 saturated carbocycles. The maximum Gasteiger partial charge on any atom is 0.260 e. The molecular weight excluding hydrogens is 295 g/mol. The van der Waals surface area contributed by atoms with Gasteiger partial charge in [-0.2, -0.15) is 0 Å². The predicted molar refractivity (Wildman–Crippen MR) is 64.2 cm³/mol. The number of benzene rings is 1. The van der Waals surface area contributed by atoms with Gasteiger partial charge in [0.25, 0.3) is 5.91 Å². The zero-order valence-electron chi connectivity index (χ0n) is 7.91. The zero-order valence-corrected chi connectivity index (χ0v) is 10.3. The lowest BCUT2D eigenvalue weighted by atomic mass is 10.2. The molecule has 0 aliphatic heterocycles. The average molecular weight is 301 g/mol. The maximum atomic E-state index is 13.3. The van der Waals surface area contributed by atoms with Gasteiger partial charge in [0.15, 0.2) is 5.13 Å². The van der Waals surface area contributed by atoms with E-state index in [1.165, 1.54) is 29.5 Å². The number of anilines is 1. The first-order valence-electron chi connectivity index (χ1n) is 4.34. The number of amides is 1. The molecule has 2 aromatic rings. The molecule has 2 rings (SSSR count). The van der Waals surface area contributed by atoms with Gasteiger partial charge < -0.3 is 0 Å². The van der Waals surface area contributed by atoms with Crippen LogP contribution in [0.2, 0.25) is 0 Å². The van der Waals surface area contributed by atoms with Gasteiger partial charge in [-0.1, -0.05) is 23.5 Å². The Morgan fingerprint density at radius 1 is 1.44 bits per heavy atom. The highest BCUT2D eigenvalue weighted by atomic mass is 79.9. The summed E-state index contributed by atoms with van der Waals surface area (Å²) < 4.78 is 14.1. The van der Waals surface area contributed by atoms with E-state index in [9.17, 15) is 9.18 Å². The van der Waals surface area contributed by atoms with Crippen LogP contribution in [-0.4, -0.2) is 10.9 Å². The van der Waals surface area contributed by atoms with Crippen molar-refractivity contribution in [3.8, 4) is 0 Å². The van der Waals surface area contributed by atoms with Gasteiger partial charge in [0.2, 0.25) is 0 Å². The van der Waals surface area contributed by atoms with Crippen LogP contribution in [0.15, 0.2) is 34.2 Å². The first-order chi connectivity index (χ1) is 7.66. The smallest absolute Gasteiger partial charge is 0.260 e. The molecule has 0 aliphatic rings. The predicted octanol–water partition coefficient (Wildman–Crippen LogP) is 3.30. The van der Waals surface area contributed by atoms with Crippen LogP contribution in [-0.2, 0) is 0 Å². The second kappa shape index (κ2) is 4.71. The van der Waals surface area contributed by atoms with Gasteiger partial charge in [0, 0.05) is 0 Å². The van der Waals surface area contributed by atoms with Gasteiger partial charge in [-0.05, 0) is 28.1 Å². The van der Waals surface area contributed by atoms with E-state index in [1.807, 2.05) is 0 Å². The normalized spacial score (nSPS) is 10.1. The lowest BCUT2D eigenvalue weighted by Gasteiger charge is -2.01. The van der Waals surface area contributed by atoms with Crippen molar-refractivity contribution in [2.45, 2.75) is 0 Å². The van der Waals surface area contributed by atoms with E-state index in [2.05, 4.69) is 26.2 Å². The van der Waals surface area contributed by atoms with Gasteiger partial charge in [-0.15, -0.1) is 0 Å². The minimum Gasteiger partial charge on any atom is -0.298 e. The lowest BCUT2D eigenvalue weighted by Crippen LogP contribution is -2.13. The Labute approximate surface area is 103 Å². The number of thiazole rings is 1. The third kappa shape index (κ3) is 2.45. The number of rotatable bonds is 2. The fourth-order valence-corrected chi connectivity index (χ4v) is 2.22. The van der Waals surface area contributed by atoms with E-state index >= 15 is 0 Å². The average Bonchev–Trinajstić information content (AvgIpc) is 2.64. The molecule has 0 radical (unpaired) electrons. The molecule has 82 valence electrons. The number of hydrogen-bond acceptors (Lipinski definition) is 3. The molecule has 0 atom stereocenters. The summed E-state index contributed by atoms with van der Waals surface area (Å²) in [6.45, 7) is 0. The van der Waals surface area contributed by atoms with Crippen molar-refractivity contribution in [1.29, 1.82) is 0 Å². The molecule has 6 heteroatoms. The van der Waals surface area contributed by atoms with Gasteiger partial charge in [-0.3, -0.25) is 10.1 Å². The fourth-order valence-electron chi connectivity index (χ4n) is 1.12. The second-order valence-electron chi connectivity index (χ2n) is 2.90. The minimum atomic E-state index is -0.546. The first-order valence-corrected chi connectivity index (χ1v) is 5.95. The summed E-state index contributed by atoms with van der Waals surface area (Å²) in [4.78, 5) is 15.6. The van der Waals surface area contributed by atoms with E-state index in [0.717, 1.165) is 3.79 Å². The van der Waals surface area contributed by atoms with Crippen molar-refractivity contribution in [1.82, 2.24) is 4.98 Å². The summed E-state index contributed by atoms with van der Waals surface area (Å²) in [6.07, 6.45) is 1.57. The van der Waals surface area contributed by atoms with E-state index < -0.39 is 11.7 Å². The largest absolute Gasteiger partial charge is 0.298 e. The van der Waals surface area contributed by atoms with Gasteiger partial charge in [0.1, 0.15) is 5.82 Å². The Morgan fingerprint density at radius 3 is 2.81 bits per heavy atom. The number of carbonyl (C=O) groups excluding carboxylic acids is 1. The SMILES string of the molecule is O=C(Nc1ncc(Br)s1)c1ccccc1F. The van der Waals surface area contributed by atoms with Crippen LogP contribution < -0.4 is 5.32 Å². The van der Waals surface area contributed by atoms with Crippen LogP contribution in [0.3, 0.4) is 0 Å². The molecule has 0 aliphatic carbocycles. The van der Waals surface area contributed by atoms with Gasteiger partial charge in [-0.25, -0.2) is 9.37 Å². The Kier molecular flexibility index (Phi) is 3.31. The highest BCUT2D eigenvalue weighted by Crippen LogP contribution is 2.23. The molecule has 0 fully saturated rings. The second-order valence-corrected chi connectivity index (χ2v) is 5.31. The number of halogens is 2. The number of nitrogens with zero attached hydrogens (tertiary/aromatic N) is 1. The third-order valence-electron chi connectivity index (χ3n) is 1.82. The summed E-state index contributed by atoms with van der Waals surface area (Å²) >= 11 is 4.49. The van der Waals surface area contributed by atoms with Gasteiger partial charge >= 0.3 is 0 Å². The van der Waals surface area contributed by atoms with Crippen molar-refractivity contribution in [3.05, 3.63) is 45.6 Å². The fraction of sp³-hybridized carbons (Fsp3) is 0. The third-order valence-corrected chi connectivity index (χ3v) is 3.21. The topological polar surface area (TPSA) is 42.0 Å². The van der Waals surface area contributed by atoms with Crippen molar-refractivity contribution < 1.29 is 9.18 Å². The van der Waals surface area contributed by atoms with Crippen LogP contribution in [0.5, 0.6) is 0 Å². The van der Waals surface area contributed by atoms with Crippen LogP contribution in [0.1, 0.15) is 10.4 Å². The van der Waals surface area contributed by atoms with Crippen LogP contribution >= 0.6 is 27.3 Å². The number of aromatic nitrogens is 1. The number of nitrogens with one attached hydrogen (secondary N) is 1. The zero-order chi connectivity index (χ0) is 11.5. The summed E-state index contributed by atoms with van der Waals surface area (Å²) in [7, 11) is 0. The Morgan fingerprint density at radius 2 is 2.19 bits per heavy atom. The summed E-state index contributed by atoms with van der Waals surface area (Å²) in [5.74, 6) is -1.05. The molecule has 1 heterocycles. The van der Waals surface area contributed by atoms with Gasteiger partial charge in [0.05, 0.1) is 15.5 Å². The van der Waals surface area contributed by atoms with Crippen molar-refractivity contribution >= 4 is 38.3 Å². The highest BCUT2D eigenvalue weighted by molar-refractivity contribution is 9.11. The first kappa shape index (κ1) is 11.2. The molecule has 1 aromatic heterocycles. The Hall–Kier alpha value is -1.27. The maximum absolute atomic E-state index is 13.3. The molecular formula is C10H6BrFN2OS. The number of carbonyl (C=O) groups is 1. The highest BCUT2D eigenvalue weighted by Gasteiger charge is 2.12. The van der Waals surface area contributed by atoms with Crippen molar-refractivity contribution in [2.75, 3.05) is 5.32 Å². The quantitative estimate of drug-likeness (QED) is 0.924. The molecule has 0 spiro atoms. The van der Waals surface area contributed by atoms with Crippen LogP contribution in [0.25, 0.3) is 0 Å². The van der Waals surface area contributed by atoms with E-state index in [4.69, 9.17) is 0 Å². The van der Waals surface area contributed by atoms with Crippen molar-refractivity contribution in [2.24, 2.45) is 0 Å². The molecule has 0 saturated heterocycles. The molecule has 0 unspecified atom stereocenters. The monoisotopic (exact) mass is 300 g/mol. The minimum absolute atomic E-state index is 0.00817. The summed E-state index contributed by atoms with van der Waals surface area (Å²) in [5.41, 5.74) is 0.00817. The molecule has 1 amide bonds. The summed E-state index contributed by atoms with van der Waals surface area (Å²) in [6, 6.07) is 5.81. The molecule has 0 bridgehead atoms. The lowest BCUT2D eigenvalue weighted by molar-refractivity contribution is 0.102. The Balaban J connectivity index is 2.18. The standard InChI is InChI=1S/C10H6BrFN2OS/c11-8-5-13-10(16-8)14-9(15)6-3-1-2-4-7(6)12/h1-5H,(H,13,14,15). The molecule has 16 heavy (non-hydrogen) atoms. The van der Waals surface area contributed by atoms with Crippen LogP contribution in [0.4, 0.5) is 9.52 Å². The van der Waals surface area contributed by atoms with E-state index in [1.54, 1.807) is 12.3 Å². The van der Waals surface area contributed by atoms with Crippen LogP contribution in [0, 0.1) is 5.82 Å². The summed E-state index contributed by atoms with van der Waals surface area (Å²) in [5, 5.41) is 2.95. The van der Waals surface area contributed by atoms with E-state index in [-0.39, 0.29) is 5.56 Å². The molecule has 1 N–H and O–H groups in total. The Bertz CT molecular complexity index is 529.